The maximum Gasteiger partial charge on any atom is 0.0946 e. The van der Waals surface area contributed by atoms with Crippen molar-refractivity contribution in [2.75, 3.05) is 19.8 Å². The van der Waals surface area contributed by atoms with Crippen LogP contribution in [0.2, 0.25) is 0 Å². The van der Waals surface area contributed by atoms with Gasteiger partial charge in [0.15, 0.2) is 0 Å². The molecule has 1 saturated heterocycles. The lowest BCUT2D eigenvalue weighted by molar-refractivity contribution is 0.0559. The minimum atomic E-state index is 0.590. The van der Waals surface area contributed by atoms with Crippen LogP contribution in [0.4, 0.5) is 0 Å². The Bertz CT molecular complexity index is 280. The third-order valence-corrected chi connectivity index (χ3v) is 3.37. The second kappa shape index (κ2) is 6.01. The number of imidazole rings is 1. The van der Waals surface area contributed by atoms with E-state index in [0.29, 0.717) is 6.04 Å². The Morgan fingerprint density at radius 2 is 2.31 bits per heavy atom. The highest BCUT2D eigenvalue weighted by Crippen LogP contribution is 2.18. The molecule has 0 spiro atoms. The lowest BCUT2D eigenvalue weighted by atomic mass is 9.93. The van der Waals surface area contributed by atoms with Gasteiger partial charge in [-0.3, -0.25) is 0 Å². The summed E-state index contributed by atoms with van der Waals surface area (Å²) in [5.74, 6) is 0.775. The van der Waals surface area contributed by atoms with Gasteiger partial charge in [-0.2, -0.15) is 0 Å². The molecule has 16 heavy (non-hydrogen) atoms. The molecule has 90 valence electrons. The first-order chi connectivity index (χ1) is 7.86. The lowest BCUT2D eigenvalue weighted by Gasteiger charge is -2.28. The zero-order valence-corrected chi connectivity index (χ0v) is 9.93. The summed E-state index contributed by atoms with van der Waals surface area (Å²) in [6.45, 7) is 6.14. The predicted molar refractivity (Wildman–Crippen MR) is 63.2 cm³/mol. The molecule has 0 amide bonds. The fourth-order valence-electron chi connectivity index (χ4n) is 2.22. The third kappa shape index (κ3) is 3.32. The fourth-order valence-corrected chi connectivity index (χ4v) is 2.22. The van der Waals surface area contributed by atoms with Crippen molar-refractivity contribution in [3.8, 4) is 0 Å². The number of hydrogen-bond acceptors (Lipinski definition) is 3. The Balaban J connectivity index is 1.65. The average Bonchev–Trinajstić information content (AvgIpc) is 2.83. The third-order valence-electron chi connectivity index (χ3n) is 3.37. The predicted octanol–water partition coefficient (Wildman–Crippen LogP) is 1.29. The molecule has 0 saturated carbocycles. The molecule has 1 aliphatic rings. The minimum Gasteiger partial charge on any atom is -0.381 e. The number of rotatable bonds is 5. The van der Waals surface area contributed by atoms with Gasteiger partial charge in [0.2, 0.25) is 0 Å². The van der Waals surface area contributed by atoms with Gasteiger partial charge in [0.05, 0.1) is 6.33 Å². The summed E-state index contributed by atoms with van der Waals surface area (Å²) in [6.07, 6.45) is 8.07. The van der Waals surface area contributed by atoms with Crippen molar-refractivity contribution in [1.29, 1.82) is 0 Å². The van der Waals surface area contributed by atoms with Gasteiger partial charge >= 0.3 is 0 Å². The van der Waals surface area contributed by atoms with Crippen molar-refractivity contribution in [3.63, 3.8) is 0 Å². The van der Waals surface area contributed by atoms with Gasteiger partial charge in [0.1, 0.15) is 0 Å². The second-order valence-electron chi connectivity index (χ2n) is 4.49. The Kier molecular flexibility index (Phi) is 4.36. The van der Waals surface area contributed by atoms with E-state index < -0.39 is 0 Å². The van der Waals surface area contributed by atoms with Gasteiger partial charge in [-0.1, -0.05) is 0 Å². The van der Waals surface area contributed by atoms with Gasteiger partial charge < -0.3 is 14.6 Å². The molecule has 0 aliphatic carbocycles. The van der Waals surface area contributed by atoms with Crippen molar-refractivity contribution in [1.82, 2.24) is 14.9 Å². The monoisotopic (exact) mass is 223 g/mol. The molecule has 1 fully saturated rings. The Morgan fingerprint density at radius 3 is 3.00 bits per heavy atom. The van der Waals surface area contributed by atoms with Crippen LogP contribution >= 0.6 is 0 Å². The number of hydrogen-bond donors (Lipinski definition) is 1. The van der Waals surface area contributed by atoms with E-state index in [1.165, 1.54) is 12.8 Å². The molecular formula is C12H21N3O. The molecule has 1 atom stereocenters. The molecule has 0 radical (unpaired) electrons. The van der Waals surface area contributed by atoms with Crippen LogP contribution in [0.3, 0.4) is 0 Å². The van der Waals surface area contributed by atoms with E-state index in [2.05, 4.69) is 21.8 Å². The summed E-state index contributed by atoms with van der Waals surface area (Å²) in [7, 11) is 0. The molecule has 4 heteroatoms. The van der Waals surface area contributed by atoms with Gasteiger partial charge in [0, 0.05) is 44.7 Å². The molecule has 1 N–H and O–H groups in total. The van der Waals surface area contributed by atoms with Gasteiger partial charge in [-0.05, 0) is 25.7 Å². The molecule has 0 aromatic carbocycles. The summed E-state index contributed by atoms with van der Waals surface area (Å²) < 4.78 is 7.47. The fraction of sp³-hybridized carbons (Fsp3) is 0.750. The van der Waals surface area contributed by atoms with E-state index in [9.17, 15) is 0 Å². The molecule has 0 bridgehead atoms. The van der Waals surface area contributed by atoms with Crippen LogP contribution in [0.5, 0.6) is 0 Å². The first kappa shape index (κ1) is 11.6. The molecule has 1 aromatic rings. The van der Waals surface area contributed by atoms with Crippen LogP contribution in [0.25, 0.3) is 0 Å². The van der Waals surface area contributed by atoms with E-state index in [0.717, 1.165) is 32.2 Å². The summed E-state index contributed by atoms with van der Waals surface area (Å²) >= 11 is 0. The van der Waals surface area contributed by atoms with Crippen molar-refractivity contribution in [2.45, 2.75) is 32.4 Å². The second-order valence-corrected chi connectivity index (χ2v) is 4.49. The van der Waals surface area contributed by atoms with E-state index in [4.69, 9.17) is 4.74 Å². The maximum atomic E-state index is 5.37. The topological polar surface area (TPSA) is 39.1 Å². The van der Waals surface area contributed by atoms with Crippen LogP contribution in [0, 0.1) is 5.92 Å². The highest BCUT2D eigenvalue weighted by molar-refractivity contribution is 4.77. The molecule has 1 aromatic heterocycles. The number of aromatic nitrogens is 2. The van der Waals surface area contributed by atoms with Gasteiger partial charge in [0.25, 0.3) is 0 Å². The van der Waals surface area contributed by atoms with Gasteiger partial charge in [-0.25, -0.2) is 4.98 Å². The molecule has 4 nitrogen and oxygen atoms in total. The van der Waals surface area contributed by atoms with E-state index in [1.54, 1.807) is 0 Å². The van der Waals surface area contributed by atoms with Crippen LogP contribution < -0.4 is 5.32 Å². The normalized spacial score (nSPS) is 19.8. The Morgan fingerprint density at radius 1 is 1.50 bits per heavy atom. The Labute approximate surface area is 97.0 Å². The van der Waals surface area contributed by atoms with Crippen molar-refractivity contribution in [3.05, 3.63) is 18.7 Å². The molecular weight excluding hydrogens is 202 g/mol. The Hall–Kier alpha value is -0.870. The lowest BCUT2D eigenvalue weighted by Crippen LogP contribution is -2.38. The number of nitrogens with one attached hydrogen (secondary N) is 1. The number of ether oxygens (including phenoxy) is 1. The molecule has 1 unspecified atom stereocenters. The average molecular weight is 223 g/mol. The largest absolute Gasteiger partial charge is 0.381 e. The quantitative estimate of drug-likeness (QED) is 0.817. The smallest absolute Gasteiger partial charge is 0.0946 e. The maximum absolute atomic E-state index is 5.37. The highest BCUT2D eigenvalue weighted by Gasteiger charge is 2.19. The van der Waals surface area contributed by atoms with E-state index >= 15 is 0 Å². The van der Waals surface area contributed by atoms with Crippen LogP contribution in [0.15, 0.2) is 18.7 Å². The van der Waals surface area contributed by atoms with Gasteiger partial charge in [-0.15, -0.1) is 0 Å². The first-order valence-corrected chi connectivity index (χ1v) is 6.13. The number of nitrogens with zero attached hydrogens (tertiary/aromatic N) is 2. The molecule has 2 heterocycles. The summed E-state index contributed by atoms with van der Waals surface area (Å²) in [4.78, 5) is 4.03. The summed E-state index contributed by atoms with van der Waals surface area (Å²) in [5, 5.41) is 3.59. The van der Waals surface area contributed by atoms with Crippen molar-refractivity contribution in [2.24, 2.45) is 5.92 Å². The zero-order valence-electron chi connectivity index (χ0n) is 9.93. The minimum absolute atomic E-state index is 0.590. The van der Waals surface area contributed by atoms with Crippen LogP contribution in [-0.4, -0.2) is 35.4 Å². The molecule has 1 aliphatic heterocycles. The summed E-state index contributed by atoms with van der Waals surface area (Å²) in [5.41, 5.74) is 0. The van der Waals surface area contributed by atoms with Crippen LogP contribution in [-0.2, 0) is 11.3 Å². The summed E-state index contributed by atoms with van der Waals surface area (Å²) in [6, 6.07) is 0.590. The van der Waals surface area contributed by atoms with Crippen molar-refractivity contribution >= 4 is 0 Å². The zero-order chi connectivity index (χ0) is 11.2. The highest BCUT2D eigenvalue weighted by atomic mass is 16.5. The molecule has 2 rings (SSSR count). The van der Waals surface area contributed by atoms with Crippen LogP contribution in [0.1, 0.15) is 19.8 Å². The standard InChI is InChI=1S/C12H21N3O/c1-11(12-2-8-16-9-3-12)14-5-7-15-6-4-13-10-15/h4,6,10-12,14H,2-3,5,7-9H2,1H3. The van der Waals surface area contributed by atoms with E-state index in [1.807, 2.05) is 18.7 Å². The van der Waals surface area contributed by atoms with Crippen molar-refractivity contribution < 1.29 is 4.74 Å². The van der Waals surface area contributed by atoms with E-state index in [-0.39, 0.29) is 0 Å². The first-order valence-electron chi connectivity index (χ1n) is 6.13. The SMILES string of the molecule is CC(NCCn1ccnc1)C1CCOCC1.